The van der Waals surface area contributed by atoms with Gasteiger partial charge in [-0.1, -0.05) is 73.7 Å². The fourth-order valence-corrected chi connectivity index (χ4v) is 11.2. The molecule has 62 heavy (non-hydrogen) atoms. The molecule has 5 aromatic carbocycles. The van der Waals surface area contributed by atoms with E-state index in [-0.39, 0.29) is 55.1 Å². The summed E-state index contributed by atoms with van der Waals surface area (Å²) in [6.45, 7) is 3.17. The number of phenolic OH excluding ortho intramolecular Hbond substituents is 1. The van der Waals surface area contributed by atoms with Gasteiger partial charge in [0.1, 0.15) is 24.0 Å². The van der Waals surface area contributed by atoms with Gasteiger partial charge >= 0.3 is 0 Å². The van der Waals surface area contributed by atoms with Crippen molar-refractivity contribution in [2.24, 2.45) is 17.8 Å². The molecule has 6 unspecified atom stereocenters. The van der Waals surface area contributed by atoms with Gasteiger partial charge in [-0.25, -0.2) is 0 Å². The topological polar surface area (TPSA) is 151 Å². The first-order valence-corrected chi connectivity index (χ1v) is 21.8. The standard InChI is InChI=1S/C51H54N2O9/c1-4-52-27-62-41-21-39(58-2)35-14-15-36-44-38(53-50(57)47(41)46(35)44)20-40-45(36)48(55)37(26-61-40)30-18-42(59-3)49(56)43(19-30)60-25-34(24-54)51(33-12-6-5-7-13-33)22-31-16-28-10-8-9-11-29(28)17-32(31)23-51/h5-13,16-21,31-32,34,37,48,50,52-57H,4,14-15,22-27H2,1-3H3. The summed E-state index contributed by atoms with van der Waals surface area (Å²) in [5.41, 5.74) is 7.15. The predicted molar refractivity (Wildman–Crippen MR) is 236 cm³/mol. The third-order valence-electron chi connectivity index (χ3n) is 14.2. The number of aliphatic hydroxyl groups is 3. The maximum absolute atomic E-state index is 12.5. The highest BCUT2D eigenvalue weighted by Gasteiger charge is 2.50. The van der Waals surface area contributed by atoms with Crippen molar-refractivity contribution in [1.29, 1.82) is 0 Å². The molecule has 0 saturated heterocycles. The number of hydrogen-bond donors (Lipinski definition) is 6. The minimum absolute atomic E-state index is 0.107. The molecule has 2 heterocycles. The Labute approximate surface area is 361 Å². The Morgan fingerprint density at radius 3 is 2.19 bits per heavy atom. The van der Waals surface area contributed by atoms with Crippen molar-refractivity contribution in [2.75, 3.05) is 52.6 Å². The van der Waals surface area contributed by atoms with Gasteiger partial charge in [0.15, 0.2) is 17.7 Å². The zero-order valence-electron chi connectivity index (χ0n) is 35.3. The van der Waals surface area contributed by atoms with E-state index >= 15 is 0 Å². The van der Waals surface area contributed by atoms with Crippen LogP contribution in [0, 0.1) is 17.8 Å². The van der Waals surface area contributed by atoms with Crippen molar-refractivity contribution in [3.05, 3.63) is 123 Å². The second-order valence-electron chi connectivity index (χ2n) is 17.3. The van der Waals surface area contributed by atoms with E-state index in [9.17, 15) is 20.4 Å². The number of aliphatic hydroxyl groups excluding tert-OH is 3. The number of methoxy groups -OCH3 is 2. The number of benzene rings is 5. The maximum atomic E-state index is 12.5. The van der Waals surface area contributed by atoms with Crippen molar-refractivity contribution in [1.82, 2.24) is 5.32 Å². The molecule has 0 bridgehead atoms. The van der Waals surface area contributed by atoms with Crippen LogP contribution in [0.25, 0.3) is 23.3 Å². The predicted octanol–water partition coefficient (Wildman–Crippen LogP) is 5.97. The van der Waals surface area contributed by atoms with Crippen LogP contribution < -0.4 is 44.8 Å². The van der Waals surface area contributed by atoms with Gasteiger partial charge in [0.05, 0.1) is 39.1 Å². The van der Waals surface area contributed by atoms with E-state index in [1.807, 2.05) is 25.1 Å². The molecule has 6 N–H and O–H groups in total. The number of aromatic hydroxyl groups is 1. The summed E-state index contributed by atoms with van der Waals surface area (Å²) in [6.07, 6.45) is 5.70. The molecule has 11 heteroatoms. The largest absolute Gasteiger partial charge is 0.502 e. The Balaban J connectivity index is 0.980. The van der Waals surface area contributed by atoms with E-state index in [2.05, 4.69) is 71.3 Å². The van der Waals surface area contributed by atoms with Gasteiger partial charge in [-0.05, 0) is 83.3 Å². The van der Waals surface area contributed by atoms with E-state index in [0.29, 0.717) is 64.3 Å². The first kappa shape index (κ1) is 40.4. The number of fused-ring (bicyclic) bond motifs is 4. The normalized spacial score (nSPS) is 24.1. The average Bonchev–Trinajstić information content (AvgIpc) is 3.67. The summed E-state index contributed by atoms with van der Waals surface area (Å²) in [6, 6.07) is 26.2. The lowest BCUT2D eigenvalue weighted by Gasteiger charge is -2.39. The number of rotatable bonds is 13. The zero-order chi connectivity index (χ0) is 42.7. The van der Waals surface area contributed by atoms with Crippen LogP contribution in [-0.4, -0.2) is 67.7 Å². The highest BCUT2D eigenvalue weighted by atomic mass is 16.5. The molecule has 5 aliphatic rings. The Morgan fingerprint density at radius 1 is 0.806 bits per heavy atom. The average molecular weight is 839 g/mol. The van der Waals surface area contributed by atoms with Crippen molar-refractivity contribution >= 4 is 17.8 Å². The Morgan fingerprint density at radius 2 is 1.50 bits per heavy atom. The first-order chi connectivity index (χ1) is 30.3. The van der Waals surface area contributed by atoms with Gasteiger partial charge in [0.25, 0.3) is 0 Å². The van der Waals surface area contributed by atoms with Crippen molar-refractivity contribution in [3.8, 4) is 45.6 Å². The first-order valence-electron chi connectivity index (χ1n) is 21.8. The maximum Gasteiger partial charge on any atom is 0.200 e. The van der Waals surface area contributed by atoms with Crippen LogP contribution in [0.4, 0.5) is 5.69 Å². The Bertz CT molecular complexity index is 2610. The molecule has 0 spiro atoms. The number of ether oxygens (including phenoxy) is 5. The lowest BCUT2D eigenvalue weighted by molar-refractivity contribution is 0.0866. The number of nitrogens with one attached hydrogen (secondary N) is 2. The molecule has 0 radical (unpaired) electrons. The quantitative estimate of drug-likeness (QED) is 0.0615. The fourth-order valence-electron chi connectivity index (χ4n) is 11.2. The molecule has 6 atom stereocenters. The van der Waals surface area contributed by atoms with E-state index < -0.39 is 18.2 Å². The van der Waals surface area contributed by atoms with Crippen LogP contribution in [-0.2, 0) is 18.3 Å². The molecule has 3 aliphatic carbocycles. The monoisotopic (exact) mass is 838 g/mol. The summed E-state index contributed by atoms with van der Waals surface area (Å²) >= 11 is 0. The van der Waals surface area contributed by atoms with Crippen LogP contribution in [0.1, 0.15) is 71.4 Å². The number of hydrogen-bond acceptors (Lipinski definition) is 11. The summed E-state index contributed by atoms with van der Waals surface area (Å²) < 4.78 is 30.8. The Kier molecular flexibility index (Phi) is 10.5. The van der Waals surface area contributed by atoms with Gasteiger partial charge < -0.3 is 49.4 Å². The molecule has 5 aromatic rings. The highest BCUT2D eigenvalue weighted by Crippen LogP contribution is 2.58. The molecule has 0 amide bonds. The minimum Gasteiger partial charge on any atom is -0.502 e. The molecule has 11 nitrogen and oxygen atoms in total. The SMILES string of the molecule is CCNCOc1cc(OC)c2c3c1C(O)Nc1cc4c(c(c1-3)CC2)C(O)C(c1cc(OC)c(O)c(OCC(CO)C2(c3ccccc3)CC3C=c5ccccc5=CC3C2)c1)CO4. The van der Waals surface area contributed by atoms with Crippen molar-refractivity contribution in [2.45, 2.75) is 56.3 Å². The lowest BCUT2D eigenvalue weighted by Crippen LogP contribution is -2.39. The molecule has 0 aromatic heterocycles. The lowest BCUT2D eigenvalue weighted by atomic mass is 9.68. The van der Waals surface area contributed by atoms with E-state index in [4.69, 9.17) is 23.7 Å². The fraction of sp³-hybridized carbons (Fsp3) is 0.373. The Hall–Kier alpha value is -5.72. The molecule has 2 aliphatic heterocycles. The minimum atomic E-state index is -1.04. The molecular weight excluding hydrogens is 785 g/mol. The summed E-state index contributed by atoms with van der Waals surface area (Å²) in [5.74, 6) is 1.80. The van der Waals surface area contributed by atoms with E-state index in [1.54, 1.807) is 19.2 Å². The second kappa shape index (κ2) is 16.2. The van der Waals surface area contributed by atoms with Gasteiger partial charge in [-0.2, -0.15) is 0 Å². The molecule has 322 valence electrons. The van der Waals surface area contributed by atoms with E-state index in [0.717, 1.165) is 41.6 Å². The van der Waals surface area contributed by atoms with Crippen LogP contribution in [0.15, 0.2) is 78.9 Å². The van der Waals surface area contributed by atoms with Gasteiger partial charge in [-0.3, -0.25) is 5.32 Å². The summed E-state index contributed by atoms with van der Waals surface area (Å²) in [7, 11) is 3.14. The zero-order valence-corrected chi connectivity index (χ0v) is 35.3. The van der Waals surface area contributed by atoms with Crippen LogP contribution in [0.2, 0.25) is 0 Å². The molecule has 1 saturated carbocycles. The van der Waals surface area contributed by atoms with Crippen LogP contribution in [0.5, 0.6) is 34.5 Å². The number of phenols is 1. The molecular formula is C51H54N2O9. The van der Waals surface area contributed by atoms with E-state index in [1.165, 1.54) is 23.1 Å². The van der Waals surface area contributed by atoms with Gasteiger partial charge in [0.2, 0.25) is 5.75 Å². The third-order valence-corrected chi connectivity index (χ3v) is 14.2. The summed E-state index contributed by atoms with van der Waals surface area (Å²) in [5, 5.41) is 55.6. The molecule has 10 rings (SSSR count). The summed E-state index contributed by atoms with van der Waals surface area (Å²) in [4.78, 5) is 0. The van der Waals surface area contributed by atoms with Crippen molar-refractivity contribution < 1.29 is 44.1 Å². The van der Waals surface area contributed by atoms with Crippen molar-refractivity contribution in [3.63, 3.8) is 0 Å². The second-order valence-corrected chi connectivity index (χ2v) is 17.3. The third kappa shape index (κ3) is 6.56. The van der Waals surface area contributed by atoms with Gasteiger partial charge in [0, 0.05) is 63.9 Å². The van der Waals surface area contributed by atoms with Gasteiger partial charge in [-0.15, -0.1) is 0 Å². The molecule has 1 fully saturated rings. The van der Waals surface area contributed by atoms with Crippen LogP contribution in [0.3, 0.4) is 0 Å². The number of anilines is 1. The smallest absolute Gasteiger partial charge is 0.200 e. The highest BCUT2D eigenvalue weighted by molar-refractivity contribution is 5.93. The van der Waals surface area contributed by atoms with Crippen LogP contribution >= 0.6 is 0 Å².